The molecule has 29 heavy (non-hydrogen) atoms. The minimum absolute atomic E-state index is 0.0504. The molecule has 0 aromatic heterocycles. The molecule has 0 saturated carbocycles. The van der Waals surface area contributed by atoms with E-state index in [2.05, 4.69) is 30.8 Å². The van der Waals surface area contributed by atoms with Crippen molar-refractivity contribution in [2.24, 2.45) is 0 Å². The van der Waals surface area contributed by atoms with Gasteiger partial charge >= 0.3 is 0 Å². The molecular formula is C23H28N2O4. The highest BCUT2D eigenvalue weighted by atomic mass is 16.7. The third-order valence-corrected chi connectivity index (χ3v) is 4.63. The second kappa shape index (κ2) is 9.37. The number of fused-ring (bicyclic) bond motifs is 1. The number of hydrogen-bond acceptors (Lipinski definition) is 5. The number of carbonyl (C=O) groups excluding carboxylic acids is 1. The summed E-state index contributed by atoms with van der Waals surface area (Å²) in [4.78, 5) is 12.1. The molecule has 2 aromatic carbocycles. The largest absolute Gasteiger partial charge is 0.483 e. The fourth-order valence-corrected chi connectivity index (χ4v) is 2.99. The van der Waals surface area contributed by atoms with Crippen molar-refractivity contribution in [3.8, 4) is 17.2 Å². The predicted molar refractivity (Wildman–Crippen MR) is 112 cm³/mol. The topological polar surface area (TPSA) is 68.8 Å². The van der Waals surface area contributed by atoms with Gasteiger partial charge in [-0.15, -0.1) is 0 Å². The Labute approximate surface area is 171 Å². The number of ether oxygens (including phenoxy) is 3. The molecule has 0 atom stereocenters. The molecule has 2 aromatic rings. The van der Waals surface area contributed by atoms with Crippen LogP contribution in [0.15, 0.2) is 48.2 Å². The average molecular weight is 396 g/mol. The number of hydrazine groups is 1. The van der Waals surface area contributed by atoms with E-state index in [1.54, 1.807) is 0 Å². The lowest BCUT2D eigenvalue weighted by Crippen LogP contribution is -2.39. The number of allylic oxidation sites excluding steroid dienone is 2. The monoisotopic (exact) mass is 396 g/mol. The molecule has 6 heteroatoms. The highest BCUT2D eigenvalue weighted by Crippen LogP contribution is 2.32. The van der Waals surface area contributed by atoms with Crippen molar-refractivity contribution in [1.82, 2.24) is 10.9 Å². The van der Waals surface area contributed by atoms with E-state index in [9.17, 15) is 4.79 Å². The number of aryl methyl sites for hydroxylation is 1. The van der Waals surface area contributed by atoms with Gasteiger partial charge in [-0.1, -0.05) is 43.7 Å². The van der Waals surface area contributed by atoms with Crippen LogP contribution in [0.2, 0.25) is 0 Å². The fourth-order valence-electron chi connectivity index (χ4n) is 2.99. The maximum Gasteiger partial charge on any atom is 0.276 e. The van der Waals surface area contributed by atoms with Gasteiger partial charge in [-0.2, -0.15) is 0 Å². The number of rotatable bonds is 8. The molecule has 3 rings (SSSR count). The maximum absolute atomic E-state index is 12.1. The first-order valence-corrected chi connectivity index (χ1v) is 9.76. The van der Waals surface area contributed by atoms with Gasteiger partial charge in [0.25, 0.3) is 5.91 Å². The van der Waals surface area contributed by atoms with Crippen LogP contribution in [0.25, 0.3) is 0 Å². The third kappa shape index (κ3) is 5.67. The van der Waals surface area contributed by atoms with Crippen LogP contribution >= 0.6 is 0 Å². The van der Waals surface area contributed by atoms with Crippen molar-refractivity contribution in [2.45, 2.75) is 40.0 Å². The Morgan fingerprint density at radius 1 is 1.14 bits per heavy atom. The van der Waals surface area contributed by atoms with Crippen molar-refractivity contribution < 1.29 is 19.0 Å². The van der Waals surface area contributed by atoms with Crippen LogP contribution in [0.4, 0.5) is 0 Å². The second-order valence-electron chi connectivity index (χ2n) is 7.44. The van der Waals surface area contributed by atoms with Gasteiger partial charge in [0, 0.05) is 5.70 Å². The van der Waals surface area contributed by atoms with Gasteiger partial charge in [-0.25, -0.2) is 0 Å². The van der Waals surface area contributed by atoms with Gasteiger partial charge in [0.2, 0.25) is 6.79 Å². The van der Waals surface area contributed by atoms with Crippen molar-refractivity contribution >= 4 is 5.91 Å². The predicted octanol–water partition coefficient (Wildman–Crippen LogP) is 3.99. The van der Waals surface area contributed by atoms with Crippen molar-refractivity contribution in [3.63, 3.8) is 0 Å². The summed E-state index contributed by atoms with van der Waals surface area (Å²) in [6, 6.07) is 11.9. The van der Waals surface area contributed by atoms with E-state index >= 15 is 0 Å². The van der Waals surface area contributed by atoms with Gasteiger partial charge in [-0.05, 0) is 55.5 Å². The molecule has 1 amide bonds. The van der Waals surface area contributed by atoms with E-state index in [-0.39, 0.29) is 19.3 Å². The minimum atomic E-state index is -0.240. The number of benzene rings is 2. The van der Waals surface area contributed by atoms with Gasteiger partial charge in [0.05, 0.1) is 0 Å². The smallest absolute Gasteiger partial charge is 0.276 e. The fraction of sp³-hybridized carbons (Fsp3) is 0.348. The normalized spacial score (nSPS) is 12.8. The summed E-state index contributed by atoms with van der Waals surface area (Å²) in [7, 11) is 0. The van der Waals surface area contributed by atoms with Crippen molar-refractivity contribution in [1.29, 1.82) is 0 Å². The summed E-state index contributed by atoms with van der Waals surface area (Å²) in [6.45, 7) is 8.38. The zero-order valence-corrected chi connectivity index (χ0v) is 17.4. The Kier molecular flexibility index (Phi) is 6.65. The van der Waals surface area contributed by atoms with E-state index in [1.807, 2.05) is 50.3 Å². The van der Waals surface area contributed by atoms with Gasteiger partial charge in [-0.3, -0.25) is 10.2 Å². The summed E-state index contributed by atoms with van der Waals surface area (Å²) in [6.07, 6.45) is 2.71. The van der Waals surface area contributed by atoms with E-state index in [1.165, 1.54) is 5.56 Å². The second-order valence-corrected chi connectivity index (χ2v) is 7.44. The number of carbonyl (C=O) groups is 1. The van der Waals surface area contributed by atoms with E-state index < -0.39 is 0 Å². The number of nitrogens with one attached hydrogen (secondary N) is 2. The van der Waals surface area contributed by atoms with Gasteiger partial charge in [0.15, 0.2) is 18.1 Å². The molecule has 154 valence electrons. The van der Waals surface area contributed by atoms with Crippen molar-refractivity contribution in [3.05, 3.63) is 64.9 Å². The molecule has 6 nitrogen and oxygen atoms in total. The molecule has 2 N–H and O–H groups in total. The first kappa shape index (κ1) is 20.6. The highest BCUT2D eigenvalue weighted by Gasteiger charge is 2.13. The Morgan fingerprint density at radius 3 is 2.72 bits per heavy atom. The lowest BCUT2D eigenvalue weighted by Gasteiger charge is -2.15. The minimum Gasteiger partial charge on any atom is -0.483 e. The third-order valence-electron chi connectivity index (χ3n) is 4.63. The lowest BCUT2D eigenvalue weighted by atomic mass is 10.00. The highest BCUT2D eigenvalue weighted by molar-refractivity contribution is 5.77. The lowest BCUT2D eigenvalue weighted by molar-refractivity contribution is -0.123. The number of amides is 1. The Hall–Kier alpha value is -3.15. The molecule has 0 radical (unpaired) electrons. The van der Waals surface area contributed by atoms with Crippen LogP contribution in [-0.4, -0.2) is 19.3 Å². The van der Waals surface area contributed by atoms with Gasteiger partial charge in [0.1, 0.15) is 5.75 Å². The van der Waals surface area contributed by atoms with Crippen LogP contribution in [0, 0.1) is 6.92 Å². The summed E-state index contributed by atoms with van der Waals surface area (Å²) in [5, 5.41) is 0. The molecule has 0 fully saturated rings. The zero-order valence-electron chi connectivity index (χ0n) is 17.4. The SMILES string of the molecule is C/C(=C\Cc1ccc2c(c1)OCO2)NNC(=O)COc1ccc(C)cc1C(C)C. The summed E-state index contributed by atoms with van der Waals surface area (Å²) < 4.78 is 16.4. The molecule has 0 unspecified atom stereocenters. The molecule has 1 aliphatic heterocycles. The quantitative estimate of drug-likeness (QED) is 0.661. The van der Waals surface area contributed by atoms with Crippen molar-refractivity contribution in [2.75, 3.05) is 13.4 Å². The van der Waals surface area contributed by atoms with Crippen LogP contribution in [0.3, 0.4) is 0 Å². The van der Waals surface area contributed by atoms with E-state index in [4.69, 9.17) is 14.2 Å². The summed E-state index contributed by atoms with van der Waals surface area (Å²) in [5.74, 6) is 2.37. The first-order chi connectivity index (χ1) is 13.9. The first-order valence-electron chi connectivity index (χ1n) is 9.76. The average Bonchev–Trinajstić information content (AvgIpc) is 3.17. The maximum atomic E-state index is 12.1. The Bertz CT molecular complexity index is 906. The molecule has 1 heterocycles. The zero-order chi connectivity index (χ0) is 20.8. The summed E-state index contributed by atoms with van der Waals surface area (Å²) in [5.41, 5.74) is 9.80. The molecule has 0 spiro atoms. The van der Waals surface area contributed by atoms with E-state index in [0.29, 0.717) is 12.3 Å². The molecule has 0 saturated heterocycles. The van der Waals surface area contributed by atoms with Crippen LogP contribution < -0.4 is 25.1 Å². The van der Waals surface area contributed by atoms with Crippen LogP contribution in [-0.2, 0) is 11.2 Å². The van der Waals surface area contributed by atoms with E-state index in [0.717, 1.165) is 34.1 Å². The molecule has 0 aliphatic carbocycles. The van der Waals surface area contributed by atoms with Gasteiger partial charge < -0.3 is 19.6 Å². The van der Waals surface area contributed by atoms with Crippen LogP contribution in [0.1, 0.15) is 43.4 Å². The standard InChI is InChI=1S/C23H28N2O4/c1-15(2)19-11-16(3)5-9-20(19)27-13-23(26)25-24-17(4)6-7-18-8-10-21-22(12-18)29-14-28-21/h5-6,8-12,15,24H,7,13-14H2,1-4H3,(H,25,26)/b17-6+. The molecule has 0 bridgehead atoms. The van der Waals surface area contributed by atoms with Crippen LogP contribution in [0.5, 0.6) is 17.2 Å². The number of hydrogen-bond donors (Lipinski definition) is 2. The Morgan fingerprint density at radius 2 is 1.93 bits per heavy atom. The Balaban J connectivity index is 1.46. The molecule has 1 aliphatic rings. The summed E-state index contributed by atoms with van der Waals surface area (Å²) >= 11 is 0. The molecular weight excluding hydrogens is 368 g/mol.